The van der Waals surface area contributed by atoms with Crippen molar-refractivity contribution >= 4 is 17.6 Å². The summed E-state index contributed by atoms with van der Waals surface area (Å²) in [6, 6.07) is 3.56. The highest BCUT2D eigenvalue weighted by Gasteiger charge is 2.10. The molecule has 5 nitrogen and oxygen atoms in total. The predicted octanol–water partition coefficient (Wildman–Crippen LogP) is 1.68. The first-order chi connectivity index (χ1) is 7.54. The molecule has 0 saturated carbocycles. The maximum absolute atomic E-state index is 12.9. The summed E-state index contributed by atoms with van der Waals surface area (Å²) in [5, 5.41) is 9.61. The lowest BCUT2D eigenvalue weighted by molar-refractivity contribution is 0.168. The van der Waals surface area contributed by atoms with Gasteiger partial charge in [-0.25, -0.2) is 9.18 Å². The summed E-state index contributed by atoms with van der Waals surface area (Å²) in [7, 11) is 0. The summed E-state index contributed by atoms with van der Waals surface area (Å²) in [5.41, 5.74) is 5.62. The average Bonchev–Trinajstić information content (AvgIpc) is 2.20. The van der Waals surface area contributed by atoms with Gasteiger partial charge >= 0.3 is 6.09 Å². The van der Waals surface area contributed by atoms with Crippen LogP contribution >= 0.6 is 0 Å². The molecule has 0 spiro atoms. The van der Waals surface area contributed by atoms with Gasteiger partial charge in [-0.05, 0) is 25.1 Å². The fourth-order valence-electron chi connectivity index (χ4n) is 1.13. The van der Waals surface area contributed by atoms with Crippen molar-refractivity contribution in [3.63, 3.8) is 0 Å². The predicted molar refractivity (Wildman–Crippen MR) is 58.1 cm³/mol. The third-order valence-corrected chi connectivity index (χ3v) is 1.78. The molecule has 1 rings (SSSR count). The van der Waals surface area contributed by atoms with Crippen LogP contribution in [0.25, 0.3) is 0 Å². The average molecular weight is 225 g/mol. The standard InChI is InChI=1S/C10H12FN3O2/c1-2-16-10(15)14-8-4-3-6(11)5-7(8)9(12)13/h3-5H,2H2,1H3,(H3,12,13)(H,14,15). The van der Waals surface area contributed by atoms with Crippen molar-refractivity contribution in [2.75, 3.05) is 11.9 Å². The van der Waals surface area contributed by atoms with Gasteiger partial charge in [0.1, 0.15) is 11.7 Å². The molecule has 0 fully saturated rings. The molecule has 0 atom stereocenters. The van der Waals surface area contributed by atoms with Gasteiger partial charge < -0.3 is 10.5 Å². The number of carbonyl (C=O) groups is 1. The molecule has 1 aromatic carbocycles. The van der Waals surface area contributed by atoms with E-state index in [0.29, 0.717) is 0 Å². The molecule has 6 heteroatoms. The Morgan fingerprint density at radius 1 is 1.62 bits per heavy atom. The lowest BCUT2D eigenvalue weighted by Crippen LogP contribution is -2.19. The van der Waals surface area contributed by atoms with E-state index >= 15 is 0 Å². The Balaban J connectivity index is 2.95. The number of nitrogen functional groups attached to an aromatic ring is 1. The second-order valence-corrected chi connectivity index (χ2v) is 2.95. The highest BCUT2D eigenvalue weighted by molar-refractivity contribution is 6.03. The minimum atomic E-state index is -0.670. The monoisotopic (exact) mass is 225 g/mol. The van der Waals surface area contributed by atoms with E-state index in [4.69, 9.17) is 11.1 Å². The van der Waals surface area contributed by atoms with Gasteiger partial charge in [-0.2, -0.15) is 0 Å². The van der Waals surface area contributed by atoms with Crippen molar-refractivity contribution in [3.8, 4) is 0 Å². The molecular formula is C10H12FN3O2. The number of halogens is 1. The Morgan fingerprint density at radius 2 is 2.31 bits per heavy atom. The number of rotatable bonds is 3. The molecular weight excluding hydrogens is 213 g/mol. The van der Waals surface area contributed by atoms with Crippen molar-refractivity contribution in [1.82, 2.24) is 0 Å². The van der Waals surface area contributed by atoms with Crippen molar-refractivity contribution in [3.05, 3.63) is 29.6 Å². The number of nitrogens with one attached hydrogen (secondary N) is 2. The van der Waals surface area contributed by atoms with E-state index in [1.165, 1.54) is 6.07 Å². The zero-order valence-electron chi connectivity index (χ0n) is 8.71. The molecule has 0 aliphatic carbocycles. The lowest BCUT2D eigenvalue weighted by atomic mass is 10.1. The molecule has 86 valence electrons. The number of benzene rings is 1. The van der Waals surface area contributed by atoms with E-state index in [1.54, 1.807) is 6.92 Å². The van der Waals surface area contributed by atoms with Gasteiger partial charge in [0.2, 0.25) is 0 Å². The van der Waals surface area contributed by atoms with E-state index in [0.717, 1.165) is 12.1 Å². The van der Waals surface area contributed by atoms with Crippen molar-refractivity contribution in [1.29, 1.82) is 5.41 Å². The maximum Gasteiger partial charge on any atom is 0.411 e. The molecule has 0 heterocycles. The van der Waals surface area contributed by atoms with Gasteiger partial charge in [-0.15, -0.1) is 0 Å². The fraction of sp³-hybridized carbons (Fsp3) is 0.200. The summed E-state index contributed by atoms with van der Waals surface area (Å²) in [5.74, 6) is -0.856. The summed E-state index contributed by atoms with van der Waals surface area (Å²) >= 11 is 0. The Morgan fingerprint density at radius 3 is 2.88 bits per heavy atom. The molecule has 4 N–H and O–H groups in total. The minimum Gasteiger partial charge on any atom is -0.450 e. The van der Waals surface area contributed by atoms with Crippen LogP contribution in [-0.4, -0.2) is 18.5 Å². The van der Waals surface area contributed by atoms with E-state index in [-0.39, 0.29) is 23.7 Å². The first-order valence-corrected chi connectivity index (χ1v) is 4.62. The normalized spacial score (nSPS) is 9.62. The number of anilines is 1. The summed E-state index contributed by atoms with van der Waals surface area (Å²) < 4.78 is 17.6. The van der Waals surface area contributed by atoms with Gasteiger partial charge in [-0.3, -0.25) is 10.7 Å². The zero-order chi connectivity index (χ0) is 12.1. The number of nitrogens with two attached hydrogens (primary N) is 1. The molecule has 0 unspecified atom stereocenters. The van der Waals surface area contributed by atoms with E-state index < -0.39 is 11.9 Å². The molecule has 0 radical (unpaired) electrons. The number of amidine groups is 1. The Bertz CT molecular complexity index is 421. The third-order valence-electron chi connectivity index (χ3n) is 1.78. The maximum atomic E-state index is 12.9. The number of hydrogen-bond donors (Lipinski definition) is 3. The first-order valence-electron chi connectivity index (χ1n) is 4.62. The van der Waals surface area contributed by atoms with Crippen LogP contribution < -0.4 is 11.1 Å². The molecule has 0 saturated heterocycles. The van der Waals surface area contributed by atoms with Crippen LogP contribution in [0.3, 0.4) is 0 Å². The summed E-state index contributed by atoms with van der Waals surface area (Å²) in [6.45, 7) is 1.89. The number of amides is 1. The Hall–Kier alpha value is -2.11. The van der Waals surface area contributed by atoms with Gasteiger partial charge in [0, 0.05) is 5.56 Å². The fourth-order valence-corrected chi connectivity index (χ4v) is 1.13. The van der Waals surface area contributed by atoms with Gasteiger partial charge in [-0.1, -0.05) is 0 Å². The minimum absolute atomic E-state index is 0.119. The molecule has 16 heavy (non-hydrogen) atoms. The van der Waals surface area contributed by atoms with Gasteiger partial charge in [0.25, 0.3) is 0 Å². The highest BCUT2D eigenvalue weighted by atomic mass is 19.1. The highest BCUT2D eigenvalue weighted by Crippen LogP contribution is 2.16. The smallest absolute Gasteiger partial charge is 0.411 e. The Kier molecular flexibility index (Phi) is 3.82. The number of hydrogen-bond acceptors (Lipinski definition) is 3. The first kappa shape index (κ1) is 12.0. The largest absolute Gasteiger partial charge is 0.450 e. The molecule has 1 aromatic rings. The molecule has 0 aromatic heterocycles. The van der Waals surface area contributed by atoms with Crippen molar-refractivity contribution in [2.24, 2.45) is 5.73 Å². The molecule has 0 bridgehead atoms. The number of ether oxygens (including phenoxy) is 1. The molecule has 0 aliphatic heterocycles. The van der Waals surface area contributed by atoms with E-state index in [1.807, 2.05) is 0 Å². The molecule has 0 aliphatic rings. The third kappa shape index (κ3) is 2.94. The van der Waals surface area contributed by atoms with Crippen LogP contribution in [0, 0.1) is 11.2 Å². The van der Waals surface area contributed by atoms with Crippen molar-refractivity contribution in [2.45, 2.75) is 6.92 Å². The topological polar surface area (TPSA) is 88.2 Å². The van der Waals surface area contributed by atoms with E-state index in [2.05, 4.69) is 10.1 Å². The quantitative estimate of drug-likeness (QED) is 0.540. The summed E-state index contributed by atoms with van der Waals surface area (Å²) in [4.78, 5) is 11.1. The van der Waals surface area contributed by atoms with E-state index in [9.17, 15) is 9.18 Å². The van der Waals surface area contributed by atoms with Crippen molar-refractivity contribution < 1.29 is 13.9 Å². The van der Waals surface area contributed by atoms with Crippen LogP contribution in [0.4, 0.5) is 14.9 Å². The van der Waals surface area contributed by atoms with Crippen LogP contribution in [0.15, 0.2) is 18.2 Å². The number of carbonyl (C=O) groups excluding carboxylic acids is 1. The SMILES string of the molecule is CCOC(=O)Nc1ccc(F)cc1C(=N)N. The summed E-state index contributed by atoms with van der Waals surface area (Å²) in [6.07, 6.45) is -0.670. The zero-order valence-corrected chi connectivity index (χ0v) is 8.71. The Labute approximate surface area is 91.9 Å². The second kappa shape index (κ2) is 5.11. The van der Waals surface area contributed by atoms with Crippen LogP contribution in [0.2, 0.25) is 0 Å². The van der Waals surface area contributed by atoms with Gasteiger partial charge in [0.15, 0.2) is 0 Å². The van der Waals surface area contributed by atoms with Crippen LogP contribution in [0.5, 0.6) is 0 Å². The molecule has 1 amide bonds. The van der Waals surface area contributed by atoms with Gasteiger partial charge in [0.05, 0.1) is 12.3 Å². The lowest BCUT2D eigenvalue weighted by Gasteiger charge is -2.09. The van der Waals surface area contributed by atoms with Crippen LogP contribution in [0.1, 0.15) is 12.5 Å². The second-order valence-electron chi connectivity index (χ2n) is 2.95. The van der Waals surface area contributed by atoms with Crippen LogP contribution in [-0.2, 0) is 4.74 Å².